The van der Waals surface area contributed by atoms with E-state index in [-0.39, 0.29) is 17.9 Å². The molecule has 4 rings (SSSR count). The lowest BCUT2D eigenvalue weighted by molar-refractivity contribution is -0.121. The standard InChI is InChI=1S/C25H22Cl2N2O/c1-16(17-7-3-2-4-8-17)29-25(30)14-20(18-11-12-22(26)23(27)13-18)21-15-28-24-10-6-5-9-19(21)24/h2-13,15-16,20,28H,14H2,1H3,(H,29,30)/t16-,20-/m0/s1. The Balaban J connectivity index is 1.65. The van der Waals surface area contributed by atoms with E-state index in [1.807, 2.05) is 73.8 Å². The van der Waals surface area contributed by atoms with Gasteiger partial charge in [-0.15, -0.1) is 0 Å². The third-order valence-corrected chi connectivity index (χ3v) is 6.15. The molecule has 0 saturated carbocycles. The van der Waals surface area contributed by atoms with Gasteiger partial charge in [-0.25, -0.2) is 0 Å². The summed E-state index contributed by atoms with van der Waals surface area (Å²) in [5.41, 5.74) is 4.13. The number of hydrogen-bond acceptors (Lipinski definition) is 1. The highest BCUT2D eigenvalue weighted by Gasteiger charge is 2.23. The minimum Gasteiger partial charge on any atom is -0.361 e. The average molecular weight is 437 g/mol. The van der Waals surface area contributed by atoms with E-state index in [1.165, 1.54) is 0 Å². The zero-order valence-corrected chi connectivity index (χ0v) is 18.0. The molecule has 0 aliphatic heterocycles. The summed E-state index contributed by atoms with van der Waals surface area (Å²) in [5, 5.41) is 5.20. The molecule has 0 aliphatic carbocycles. The number of aromatic nitrogens is 1. The van der Waals surface area contributed by atoms with Crippen LogP contribution in [0.1, 0.15) is 42.0 Å². The van der Waals surface area contributed by atoms with Gasteiger partial charge in [0.15, 0.2) is 0 Å². The van der Waals surface area contributed by atoms with Gasteiger partial charge in [-0.1, -0.05) is 77.8 Å². The number of aromatic amines is 1. The molecule has 0 radical (unpaired) electrons. The van der Waals surface area contributed by atoms with E-state index in [9.17, 15) is 4.79 Å². The van der Waals surface area contributed by atoms with Crippen LogP contribution in [0.25, 0.3) is 10.9 Å². The monoisotopic (exact) mass is 436 g/mol. The number of nitrogens with one attached hydrogen (secondary N) is 2. The first-order valence-electron chi connectivity index (χ1n) is 9.88. The van der Waals surface area contributed by atoms with Crippen LogP contribution in [0.5, 0.6) is 0 Å². The molecule has 4 aromatic rings. The van der Waals surface area contributed by atoms with Gasteiger partial charge in [0.2, 0.25) is 5.91 Å². The summed E-state index contributed by atoms with van der Waals surface area (Å²) >= 11 is 12.4. The fourth-order valence-electron chi connectivity index (χ4n) is 3.83. The summed E-state index contributed by atoms with van der Waals surface area (Å²) in [5.74, 6) is -0.174. The van der Waals surface area contributed by atoms with Crippen LogP contribution in [-0.2, 0) is 4.79 Å². The van der Waals surface area contributed by atoms with Crippen molar-refractivity contribution in [3.63, 3.8) is 0 Å². The van der Waals surface area contributed by atoms with Crippen LogP contribution >= 0.6 is 23.2 Å². The molecule has 5 heteroatoms. The van der Waals surface area contributed by atoms with Crippen molar-refractivity contribution in [3.8, 4) is 0 Å². The van der Waals surface area contributed by atoms with Crippen molar-refractivity contribution in [2.45, 2.75) is 25.3 Å². The van der Waals surface area contributed by atoms with E-state index >= 15 is 0 Å². The Bertz CT molecular complexity index is 1170. The number of carbonyl (C=O) groups is 1. The van der Waals surface area contributed by atoms with Crippen molar-refractivity contribution in [2.24, 2.45) is 0 Å². The van der Waals surface area contributed by atoms with Crippen molar-refractivity contribution in [3.05, 3.63) is 106 Å². The van der Waals surface area contributed by atoms with Gasteiger partial charge in [0.25, 0.3) is 0 Å². The fraction of sp³-hybridized carbons (Fsp3) is 0.160. The van der Waals surface area contributed by atoms with Gasteiger partial charge >= 0.3 is 0 Å². The number of para-hydroxylation sites is 1. The molecule has 1 amide bonds. The number of H-pyrrole nitrogens is 1. The molecular formula is C25H22Cl2N2O. The van der Waals surface area contributed by atoms with E-state index < -0.39 is 0 Å². The Hall–Kier alpha value is -2.75. The molecule has 2 N–H and O–H groups in total. The van der Waals surface area contributed by atoms with E-state index in [4.69, 9.17) is 23.2 Å². The molecule has 0 saturated heterocycles. The van der Waals surface area contributed by atoms with Crippen molar-refractivity contribution in [1.29, 1.82) is 0 Å². The van der Waals surface area contributed by atoms with Crippen LogP contribution in [-0.4, -0.2) is 10.9 Å². The predicted octanol–water partition coefficient (Wildman–Crippen LogP) is 6.87. The van der Waals surface area contributed by atoms with Crippen LogP contribution in [0.2, 0.25) is 10.0 Å². The summed E-state index contributed by atoms with van der Waals surface area (Å²) in [4.78, 5) is 16.3. The van der Waals surface area contributed by atoms with Gasteiger partial charge in [0.1, 0.15) is 0 Å². The zero-order valence-electron chi connectivity index (χ0n) is 16.5. The highest BCUT2D eigenvalue weighted by Crippen LogP contribution is 2.36. The molecule has 3 nitrogen and oxygen atoms in total. The molecule has 3 aromatic carbocycles. The van der Waals surface area contributed by atoms with E-state index in [1.54, 1.807) is 6.07 Å². The molecule has 0 spiro atoms. The van der Waals surface area contributed by atoms with Crippen molar-refractivity contribution < 1.29 is 4.79 Å². The van der Waals surface area contributed by atoms with Gasteiger partial charge in [-0.05, 0) is 41.8 Å². The zero-order chi connectivity index (χ0) is 21.1. The van der Waals surface area contributed by atoms with Gasteiger partial charge in [-0.3, -0.25) is 4.79 Å². The molecule has 0 aliphatic rings. The third-order valence-electron chi connectivity index (χ3n) is 5.41. The molecule has 30 heavy (non-hydrogen) atoms. The SMILES string of the molecule is C[C@H](NC(=O)C[C@@H](c1ccc(Cl)c(Cl)c1)c1c[nH]c2ccccc12)c1ccccc1. The second kappa shape index (κ2) is 8.95. The normalized spacial score (nSPS) is 13.2. The summed E-state index contributed by atoms with van der Waals surface area (Å²) in [6, 6.07) is 23.5. The molecule has 0 unspecified atom stereocenters. The van der Waals surface area contributed by atoms with Crippen LogP contribution in [0.15, 0.2) is 79.0 Å². The second-order valence-electron chi connectivity index (χ2n) is 7.42. The Morgan fingerprint density at radius 1 is 0.933 bits per heavy atom. The number of halogens is 2. The smallest absolute Gasteiger partial charge is 0.221 e. The minimum atomic E-state index is -0.154. The molecule has 1 heterocycles. The average Bonchev–Trinajstić information content (AvgIpc) is 3.18. The first-order chi connectivity index (χ1) is 14.5. The van der Waals surface area contributed by atoms with E-state index in [0.717, 1.165) is 27.6 Å². The summed E-state index contributed by atoms with van der Waals surface area (Å²) in [7, 11) is 0. The largest absolute Gasteiger partial charge is 0.361 e. The van der Waals surface area contributed by atoms with Crippen LogP contribution in [0.3, 0.4) is 0 Å². The molecular weight excluding hydrogens is 415 g/mol. The van der Waals surface area contributed by atoms with Crippen molar-refractivity contribution in [1.82, 2.24) is 10.3 Å². The second-order valence-corrected chi connectivity index (χ2v) is 8.23. The first-order valence-corrected chi connectivity index (χ1v) is 10.6. The number of fused-ring (bicyclic) bond motifs is 1. The van der Waals surface area contributed by atoms with Crippen LogP contribution < -0.4 is 5.32 Å². The van der Waals surface area contributed by atoms with Crippen LogP contribution in [0.4, 0.5) is 0 Å². The maximum atomic E-state index is 13.0. The molecule has 0 fully saturated rings. The lowest BCUT2D eigenvalue weighted by Crippen LogP contribution is -2.28. The van der Waals surface area contributed by atoms with Crippen LogP contribution in [0, 0.1) is 0 Å². The third kappa shape index (κ3) is 4.38. The molecule has 2 atom stereocenters. The summed E-state index contributed by atoms with van der Waals surface area (Å²) in [6.45, 7) is 1.99. The Labute approximate surface area is 186 Å². The number of amides is 1. The summed E-state index contributed by atoms with van der Waals surface area (Å²) in [6.07, 6.45) is 2.28. The topological polar surface area (TPSA) is 44.9 Å². The predicted molar refractivity (Wildman–Crippen MR) is 124 cm³/mol. The first kappa shape index (κ1) is 20.5. The number of hydrogen-bond donors (Lipinski definition) is 2. The Kier molecular flexibility index (Phi) is 6.12. The highest BCUT2D eigenvalue weighted by molar-refractivity contribution is 6.42. The lowest BCUT2D eigenvalue weighted by Gasteiger charge is -2.20. The Morgan fingerprint density at radius 3 is 2.43 bits per heavy atom. The van der Waals surface area contributed by atoms with Gasteiger partial charge in [-0.2, -0.15) is 0 Å². The molecule has 0 bridgehead atoms. The summed E-state index contributed by atoms with van der Waals surface area (Å²) < 4.78 is 0. The number of rotatable bonds is 6. The maximum absolute atomic E-state index is 13.0. The quantitative estimate of drug-likeness (QED) is 0.340. The fourth-order valence-corrected chi connectivity index (χ4v) is 4.14. The van der Waals surface area contributed by atoms with Gasteiger partial charge in [0, 0.05) is 29.4 Å². The highest BCUT2D eigenvalue weighted by atomic mass is 35.5. The van der Waals surface area contributed by atoms with E-state index in [0.29, 0.717) is 16.5 Å². The minimum absolute atomic E-state index is 0.0206. The maximum Gasteiger partial charge on any atom is 0.221 e. The Morgan fingerprint density at radius 2 is 1.67 bits per heavy atom. The molecule has 1 aromatic heterocycles. The van der Waals surface area contributed by atoms with Crippen molar-refractivity contribution >= 4 is 40.0 Å². The van der Waals surface area contributed by atoms with E-state index in [2.05, 4.69) is 16.4 Å². The van der Waals surface area contributed by atoms with Crippen molar-refractivity contribution in [2.75, 3.05) is 0 Å². The number of benzene rings is 3. The molecule has 152 valence electrons. The number of carbonyl (C=O) groups excluding carboxylic acids is 1. The lowest BCUT2D eigenvalue weighted by atomic mass is 9.88. The van der Waals surface area contributed by atoms with Gasteiger partial charge < -0.3 is 10.3 Å². The van der Waals surface area contributed by atoms with Gasteiger partial charge in [0.05, 0.1) is 16.1 Å².